The molecule has 7 heteroatoms. The molecule has 34 heavy (non-hydrogen) atoms. The number of thiophene rings is 1. The van der Waals surface area contributed by atoms with Crippen LogP contribution in [0.15, 0.2) is 72.1 Å². The minimum absolute atomic E-state index is 0.00203. The molecule has 0 fully saturated rings. The number of aryl methyl sites for hydroxylation is 1. The Morgan fingerprint density at radius 1 is 0.941 bits per heavy atom. The van der Waals surface area contributed by atoms with Crippen molar-refractivity contribution in [2.24, 2.45) is 0 Å². The smallest absolute Gasteiger partial charge is 0.322 e. The van der Waals surface area contributed by atoms with Gasteiger partial charge in [-0.3, -0.25) is 4.79 Å². The average Bonchev–Trinajstić information content (AvgIpc) is 3.26. The lowest BCUT2D eigenvalue weighted by Crippen LogP contribution is -2.44. The van der Waals surface area contributed by atoms with E-state index in [1.165, 1.54) is 5.56 Å². The zero-order valence-corrected chi connectivity index (χ0v) is 20.7. The Morgan fingerprint density at radius 3 is 2.29 bits per heavy atom. The van der Waals surface area contributed by atoms with Gasteiger partial charge in [-0.05, 0) is 55.0 Å². The molecule has 0 aliphatic carbocycles. The Hall–Kier alpha value is -3.16. The molecule has 0 radical (unpaired) electrons. The molecular weight excluding hydrogens is 446 g/mol. The number of para-hydroxylation sites is 1. The molecule has 2 aromatic carbocycles. The predicted octanol–water partition coefficient (Wildman–Crippen LogP) is 5.55. The van der Waals surface area contributed by atoms with Gasteiger partial charge in [0.15, 0.2) is 0 Å². The number of carbonyl (C=O) groups excluding carboxylic acids is 2. The maximum atomic E-state index is 13.5. The van der Waals surface area contributed by atoms with Gasteiger partial charge < -0.3 is 19.9 Å². The number of rotatable bonds is 12. The van der Waals surface area contributed by atoms with Crippen molar-refractivity contribution >= 4 is 29.0 Å². The second-order valence-corrected chi connectivity index (χ2v) is 9.03. The highest BCUT2D eigenvalue weighted by molar-refractivity contribution is 7.10. The van der Waals surface area contributed by atoms with Crippen LogP contribution < -0.4 is 5.32 Å². The average molecular weight is 480 g/mol. The molecule has 180 valence electrons. The predicted molar refractivity (Wildman–Crippen MR) is 138 cm³/mol. The Labute approximate surface area is 206 Å². The van der Waals surface area contributed by atoms with Gasteiger partial charge >= 0.3 is 6.03 Å². The van der Waals surface area contributed by atoms with Gasteiger partial charge in [-0.1, -0.05) is 48.5 Å². The molecule has 1 heterocycles. The van der Waals surface area contributed by atoms with Gasteiger partial charge in [-0.15, -0.1) is 11.3 Å². The second kappa shape index (κ2) is 13.5. The third-order valence-corrected chi connectivity index (χ3v) is 6.44. The van der Waals surface area contributed by atoms with Crippen molar-refractivity contribution in [3.8, 4) is 0 Å². The number of benzene rings is 2. The summed E-state index contributed by atoms with van der Waals surface area (Å²) in [5.74, 6) is -0.0868. The van der Waals surface area contributed by atoms with Gasteiger partial charge in [0.05, 0.1) is 6.54 Å². The Kier molecular flexibility index (Phi) is 10.1. The van der Waals surface area contributed by atoms with Crippen molar-refractivity contribution in [1.82, 2.24) is 9.80 Å². The van der Waals surface area contributed by atoms with Crippen molar-refractivity contribution in [1.29, 1.82) is 0 Å². The molecular formula is C27H33N3O3S. The van der Waals surface area contributed by atoms with E-state index in [1.807, 2.05) is 77.9 Å². The summed E-state index contributed by atoms with van der Waals surface area (Å²) in [7, 11) is 0. The summed E-state index contributed by atoms with van der Waals surface area (Å²) in [5.41, 5.74) is 2.93. The van der Waals surface area contributed by atoms with Crippen LogP contribution in [0.1, 0.15) is 29.3 Å². The summed E-state index contributed by atoms with van der Waals surface area (Å²) in [5, 5.41) is 4.95. The molecule has 0 aliphatic heterocycles. The van der Waals surface area contributed by atoms with Gasteiger partial charge in [0.1, 0.15) is 6.54 Å². The molecule has 1 aromatic heterocycles. The Bertz CT molecular complexity index is 1020. The van der Waals surface area contributed by atoms with Crippen LogP contribution in [-0.2, 0) is 22.6 Å². The summed E-state index contributed by atoms with van der Waals surface area (Å²) in [6.07, 6.45) is 0.659. The first kappa shape index (κ1) is 25.5. The lowest BCUT2D eigenvalue weighted by molar-refractivity contribution is -0.133. The van der Waals surface area contributed by atoms with Crippen LogP contribution >= 0.6 is 11.3 Å². The minimum atomic E-state index is -0.289. The molecule has 0 saturated heterocycles. The van der Waals surface area contributed by atoms with E-state index in [-0.39, 0.29) is 18.5 Å². The van der Waals surface area contributed by atoms with Crippen LogP contribution in [0.25, 0.3) is 0 Å². The summed E-state index contributed by atoms with van der Waals surface area (Å²) in [6, 6.07) is 21.0. The van der Waals surface area contributed by atoms with Crippen LogP contribution in [0.5, 0.6) is 0 Å². The summed E-state index contributed by atoms with van der Waals surface area (Å²) >= 11 is 1.65. The summed E-state index contributed by atoms with van der Waals surface area (Å²) in [6.45, 7) is 6.61. The fourth-order valence-corrected chi connectivity index (χ4v) is 4.44. The van der Waals surface area contributed by atoms with E-state index in [9.17, 15) is 9.59 Å². The SMILES string of the molecule is CCOCCCN(CC(=O)N(Cc1ccccc1)Cc1sccc1C)C(=O)Nc1ccccc1. The number of ether oxygens (including phenoxy) is 1. The van der Waals surface area contributed by atoms with Crippen LogP contribution in [0.2, 0.25) is 0 Å². The van der Waals surface area contributed by atoms with Gasteiger partial charge in [-0.2, -0.15) is 0 Å². The van der Waals surface area contributed by atoms with Crippen molar-refractivity contribution < 1.29 is 14.3 Å². The minimum Gasteiger partial charge on any atom is -0.382 e. The van der Waals surface area contributed by atoms with Crippen LogP contribution in [0, 0.1) is 6.92 Å². The van der Waals surface area contributed by atoms with Crippen LogP contribution in [0.3, 0.4) is 0 Å². The van der Waals surface area contributed by atoms with Gasteiger partial charge in [0.2, 0.25) is 5.91 Å². The second-order valence-electron chi connectivity index (χ2n) is 8.03. The molecule has 1 N–H and O–H groups in total. The maximum Gasteiger partial charge on any atom is 0.322 e. The number of urea groups is 1. The summed E-state index contributed by atoms with van der Waals surface area (Å²) in [4.78, 5) is 31.2. The fourth-order valence-electron chi connectivity index (χ4n) is 3.52. The molecule has 6 nitrogen and oxygen atoms in total. The number of nitrogens with one attached hydrogen (secondary N) is 1. The van der Waals surface area contributed by atoms with Crippen molar-refractivity contribution in [3.63, 3.8) is 0 Å². The number of amides is 3. The first-order valence-electron chi connectivity index (χ1n) is 11.6. The van der Waals surface area contributed by atoms with Crippen LogP contribution in [0.4, 0.5) is 10.5 Å². The van der Waals surface area contributed by atoms with E-state index >= 15 is 0 Å². The quantitative estimate of drug-likeness (QED) is 0.347. The fraction of sp³-hybridized carbons (Fsp3) is 0.333. The third-order valence-electron chi connectivity index (χ3n) is 5.43. The van der Waals surface area contributed by atoms with Gasteiger partial charge in [0.25, 0.3) is 0 Å². The van der Waals surface area contributed by atoms with E-state index in [0.717, 1.165) is 10.4 Å². The highest BCUT2D eigenvalue weighted by Gasteiger charge is 2.22. The van der Waals surface area contributed by atoms with Crippen LogP contribution in [-0.4, -0.2) is 48.0 Å². The molecule has 0 unspecified atom stereocenters. The first-order valence-corrected chi connectivity index (χ1v) is 12.5. The Balaban J connectivity index is 1.74. The van der Waals surface area contributed by atoms with Crippen molar-refractivity contribution in [3.05, 3.63) is 88.1 Å². The van der Waals surface area contributed by atoms with E-state index in [1.54, 1.807) is 16.2 Å². The number of nitrogens with zero attached hydrogens (tertiary/aromatic N) is 2. The lowest BCUT2D eigenvalue weighted by Gasteiger charge is -2.28. The molecule has 0 bridgehead atoms. The molecule has 0 aliphatic rings. The highest BCUT2D eigenvalue weighted by atomic mass is 32.1. The molecule has 3 aromatic rings. The molecule has 0 spiro atoms. The molecule has 0 saturated carbocycles. The van der Waals surface area contributed by atoms with E-state index in [0.29, 0.717) is 45.0 Å². The lowest BCUT2D eigenvalue weighted by atomic mass is 10.2. The largest absolute Gasteiger partial charge is 0.382 e. The van der Waals surface area contributed by atoms with Crippen molar-refractivity contribution in [2.45, 2.75) is 33.4 Å². The van der Waals surface area contributed by atoms with Gasteiger partial charge in [0, 0.05) is 36.9 Å². The van der Waals surface area contributed by atoms with E-state index in [4.69, 9.17) is 4.74 Å². The first-order chi connectivity index (χ1) is 16.6. The van der Waals surface area contributed by atoms with E-state index in [2.05, 4.69) is 18.3 Å². The zero-order valence-electron chi connectivity index (χ0n) is 19.9. The standard InChI is InChI=1S/C27H33N3O3S/c1-3-33-17-10-16-29(27(32)28-24-13-8-5-9-14-24)21-26(31)30(19-23-11-6-4-7-12-23)20-25-22(2)15-18-34-25/h4-9,11-15,18H,3,10,16-17,19-21H2,1-2H3,(H,28,32). The van der Waals surface area contributed by atoms with E-state index < -0.39 is 0 Å². The number of carbonyl (C=O) groups is 2. The molecule has 3 rings (SSSR count). The third kappa shape index (κ3) is 8.01. The summed E-state index contributed by atoms with van der Waals surface area (Å²) < 4.78 is 5.44. The molecule has 0 atom stereocenters. The van der Waals surface area contributed by atoms with Gasteiger partial charge in [-0.25, -0.2) is 4.79 Å². The van der Waals surface area contributed by atoms with Crippen molar-refractivity contribution in [2.75, 3.05) is 31.6 Å². The monoisotopic (exact) mass is 479 g/mol. The zero-order chi connectivity index (χ0) is 24.2. The maximum absolute atomic E-state index is 13.5. The highest BCUT2D eigenvalue weighted by Crippen LogP contribution is 2.20. The Morgan fingerprint density at radius 2 is 1.65 bits per heavy atom. The normalized spacial score (nSPS) is 10.6. The topological polar surface area (TPSA) is 61.9 Å². The number of hydrogen-bond donors (Lipinski definition) is 1. The number of hydrogen-bond acceptors (Lipinski definition) is 4. The molecule has 3 amide bonds. The number of anilines is 1.